The van der Waals surface area contributed by atoms with Crippen LogP contribution in [0.2, 0.25) is 0 Å². The number of hydrogen-bond donors (Lipinski definition) is 0. The monoisotopic (exact) mass is 376 g/mol. The van der Waals surface area contributed by atoms with Gasteiger partial charge in [-0.05, 0) is 11.6 Å². The van der Waals surface area contributed by atoms with E-state index in [0.29, 0.717) is 0 Å². The SMILES string of the molecule is FC(F)(F)CC(I)(C(F)(F)F)C(F)(F)Cl. The average Bonchev–Trinajstić information content (AvgIpc) is 1.77. The highest BCUT2D eigenvalue weighted by molar-refractivity contribution is 14.1. The van der Waals surface area contributed by atoms with Crippen LogP contribution in [0.3, 0.4) is 0 Å². The van der Waals surface area contributed by atoms with E-state index in [0.717, 1.165) is 0 Å². The van der Waals surface area contributed by atoms with E-state index < -0.39 is 27.6 Å². The van der Waals surface area contributed by atoms with Crippen molar-refractivity contribution in [3.8, 4) is 0 Å². The lowest BCUT2D eigenvalue weighted by atomic mass is 10.1. The summed E-state index contributed by atoms with van der Waals surface area (Å²) in [5.74, 6) is 0. The molecule has 0 saturated carbocycles. The Balaban J connectivity index is 5.26. The molecule has 0 fully saturated rings. The molecule has 1 unspecified atom stereocenters. The molecule has 0 N–H and O–H groups in total. The van der Waals surface area contributed by atoms with Gasteiger partial charge >= 0.3 is 17.7 Å². The Morgan fingerprint density at radius 2 is 1.20 bits per heavy atom. The summed E-state index contributed by atoms with van der Waals surface area (Å²) >= 11 is 4.06. The molecule has 0 rings (SSSR count). The first kappa shape index (κ1) is 15.5. The van der Waals surface area contributed by atoms with E-state index in [9.17, 15) is 35.1 Å². The van der Waals surface area contributed by atoms with Crippen molar-refractivity contribution in [2.24, 2.45) is 0 Å². The van der Waals surface area contributed by atoms with Crippen LogP contribution < -0.4 is 0 Å². The van der Waals surface area contributed by atoms with Crippen molar-refractivity contribution in [3.05, 3.63) is 0 Å². The van der Waals surface area contributed by atoms with Crippen molar-refractivity contribution in [1.82, 2.24) is 0 Å². The summed E-state index contributed by atoms with van der Waals surface area (Å²) in [6.07, 6.45) is -13.9. The van der Waals surface area contributed by atoms with Crippen LogP contribution in [0.4, 0.5) is 35.1 Å². The minimum absolute atomic E-state index is 0.0134. The first-order valence-corrected chi connectivity index (χ1v) is 4.55. The molecule has 15 heavy (non-hydrogen) atoms. The number of halogens is 10. The average molecular weight is 376 g/mol. The van der Waals surface area contributed by atoms with Crippen LogP contribution in [0.25, 0.3) is 0 Å². The molecule has 10 heteroatoms. The quantitative estimate of drug-likeness (QED) is 0.378. The van der Waals surface area contributed by atoms with Gasteiger partial charge in [0.25, 0.3) is 0 Å². The molecule has 0 aliphatic carbocycles. The predicted octanol–water partition coefficient (Wildman–Crippen LogP) is 4.51. The molecular formula is C5H2ClF8I. The molecule has 0 heterocycles. The minimum Gasteiger partial charge on any atom is -0.186 e. The Morgan fingerprint density at radius 3 is 1.27 bits per heavy atom. The van der Waals surface area contributed by atoms with Gasteiger partial charge < -0.3 is 0 Å². The van der Waals surface area contributed by atoms with Crippen LogP contribution in [0, 0.1) is 0 Å². The zero-order valence-corrected chi connectivity index (χ0v) is 9.40. The summed E-state index contributed by atoms with van der Waals surface area (Å²) in [5.41, 5.74) is 0. The van der Waals surface area contributed by atoms with Crippen molar-refractivity contribution in [3.63, 3.8) is 0 Å². The zero-order chi connectivity index (χ0) is 12.7. The molecule has 0 radical (unpaired) electrons. The Morgan fingerprint density at radius 1 is 0.867 bits per heavy atom. The first-order chi connectivity index (χ1) is 6.21. The number of hydrogen-bond acceptors (Lipinski definition) is 0. The fraction of sp³-hybridized carbons (Fsp3) is 1.00. The summed E-state index contributed by atoms with van der Waals surface area (Å²) in [7, 11) is 0. The van der Waals surface area contributed by atoms with E-state index in [4.69, 9.17) is 0 Å². The lowest BCUT2D eigenvalue weighted by Crippen LogP contribution is -2.53. The van der Waals surface area contributed by atoms with Gasteiger partial charge in [0.05, 0.1) is 6.42 Å². The first-order valence-electron chi connectivity index (χ1n) is 3.10. The maximum atomic E-state index is 12.3. The van der Waals surface area contributed by atoms with E-state index in [1.54, 1.807) is 0 Å². The van der Waals surface area contributed by atoms with Crippen LogP contribution in [0.1, 0.15) is 6.42 Å². The second kappa shape index (κ2) is 4.04. The molecule has 0 aromatic heterocycles. The minimum atomic E-state index is -5.77. The smallest absolute Gasteiger partial charge is 0.186 e. The third kappa shape index (κ3) is 3.75. The second-order valence-electron chi connectivity index (χ2n) is 2.59. The molecule has 0 aliphatic heterocycles. The van der Waals surface area contributed by atoms with E-state index in [1.165, 1.54) is 0 Å². The summed E-state index contributed by atoms with van der Waals surface area (Å²) in [6, 6.07) is 0. The highest BCUT2D eigenvalue weighted by Gasteiger charge is 2.70. The summed E-state index contributed by atoms with van der Waals surface area (Å²) < 4.78 is 91.6. The molecule has 0 aliphatic rings. The van der Waals surface area contributed by atoms with Gasteiger partial charge in [0.1, 0.15) is 0 Å². The molecule has 0 amide bonds. The molecule has 0 spiro atoms. The van der Waals surface area contributed by atoms with E-state index in [2.05, 4.69) is 11.6 Å². The van der Waals surface area contributed by atoms with Gasteiger partial charge in [0, 0.05) is 0 Å². The third-order valence-corrected chi connectivity index (χ3v) is 3.65. The van der Waals surface area contributed by atoms with Crippen LogP contribution in [-0.4, -0.2) is 21.2 Å². The van der Waals surface area contributed by atoms with Gasteiger partial charge in [-0.15, -0.1) is 0 Å². The largest absolute Gasteiger partial charge is 0.410 e. The van der Waals surface area contributed by atoms with E-state index >= 15 is 0 Å². The molecule has 0 saturated heterocycles. The van der Waals surface area contributed by atoms with Crippen LogP contribution in [0.5, 0.6) is 0 Å². The molecule has 0 nitrogen and oxygen atoms in total. The maximum Gasteiger partial charge on any atom is 0.410 e. The summed E-state index contributed by atoms with van der Waals surface area (Å²) in [4.78, 5) is 0. The van der Waals surface area contributed by atoms with E-state index in [-0.39, 0.29) is 22.6 Å². The van der Waals surface area contributed by atoms with Crippen LogP contribution in [-0.2, 0) is 0 Å². The molecule has 92 valence electrons. The van der Waals surface area contributed by atoms with Gasteiger partial charge in [-0.25, -0.2) is 0 Å². The van der Waals surface area contributed by atoms with Crippen molar-refractivity contribution in [2.45, 2.75) is 27.6 Å². The van der Waals surface area contributed by atoms with Gasteiger partial charge in [0.15, 0.2) is 0 Å². The standard InChI is InChI=1S/C5H2ClF8I/c6-4(10,11)2(15,5(12,13)14)1-3(7,8)9/h1H2. The number of alkyl halides is 10. The second-order valence-corrected chi connectivity index (χ2v) is 4.90. The van der Waals surface area contributed by atoms with Crippen molar-refractivity contribution >= 4 is 34.2 Å². The topological polar surface area (TPSA) is 0 Å². The highest BCUT2D eigenvalue weighted by Crippen LogP contribution is 2.55. The van der Waals surface area contributed by atoms with Crippen molar-refractivity contribution in [1.29, 1.82) is 0 Å². The Kier molecular flexibility index (Phi) is 4.17. The molecule has 0 bridgehead atoms. The van der Waals surface area contributed by atoms with Gasteiger partial charge in [-0.3, -0.25) is 0 Å². The molecule has 1 atom stereocenters. The molecule has 0 aromatic carbocycles. The maximum absolute atomic E-state index is 12.3. The normalized spacial score (nSPS) is 18.8. The van der Waals surface area contributed by atoms with Crippen LogP contribution >= 0.6 is 34.2 Å². The van der Waals surface area contributed by atoms with Gasteiger partial charge in [-0.2, -0.15) is 35.1 Å². The third-order valence-electron chi connectivity index (χ3n) is 1.34. The summed E-state index contributed by atoms with van der Waals surface area (Å²) in [6.45, 7) is 0. The highest BCUT2D eigenvalue weighted by atomic mass is 127. The predicted molar refractivity (Wildman–Crippen MR) is 44.3 cm³/mol. The van der Waals surface area contributed by atoms with Crippen molar-refractivity contribution in [2.75, 3.05) is 0 Å². The molecular weight excluding hydrogens is 374 g/mol. The van der Waals surface area contributed by atoms with Crippen molar-refractivity contribution < 1.29 is 35.1 Å². The lowest BCUT2D eigenvalue weighted by molar-refractivity contribution is -0.230. The lowest BCUT2D eigenvalue weighted by Gasteiger charge is -2.33. The van der Waals surface area contributed by atoms with Gasteiger partial charge in [0.2, 0.25) is 3.42 Å². The van der Waals surface area contributed by atoms with E-state index in [1.807, 2.05) is 0 Å². The zero-order valence-electron chi connectivity index (χ0n) is 6.49. The Labute approximate surface area is 97.1 Å². The Hall–Kier alpha value is 0.460. The summed E-state index contributed by atoms with van der Waals surface area (Å²) in [5, 5.41) is -5.04. The fourth-order valence-corrected chi connectivity index (χ4v) is 1.24. The molecule has 0 aromatic rings. The van der Waals surface area contributed by atoms with Crippen LogP contribution in [0.15, 0.2) is 0 Å². The Bertz CT molecular complexity index is 211. The fourth-order valence-electron chi connectivity index (χ4n) is 0.637. The van der Waals surface area contributed by atoms with Gasteiger partial charge in [-0.1, -0.05) is 22.6 Å². The number of rotatable bonds is 2.